The maximum Gasteiger partial charge on any atom is 0.244 e. The van der Waals surface area contributed by atoms with Crippen molar-refractivity contribution in [3.05, 3.63) is 42.2 Å². The summed E-state index contributed by atoms with van der Waals surface area (Å²) in [6, 6.07) is 7.18. The molecule has 1 atom stereocenters. The molecular weight excluding hydrogens is 282 g/mol. The van der Waals surface area contributed by atoms with E-state index in [-0.39, 0.29) is 11.9 Å². The Morgan fingerprint density at radius 3 is 2.77 bits per heavy atom. The number of rotatable bonds is 7. The van der Waals surface area contributed by atoms with Gasteiger partial charge in [-0.2, -0.15) is 5.10 Å². The number of benzene rings is 1. The average Bonchev–Trinajstić information content (AvgIpc) is 3.08. The second-order valence-electron chi connectivity index (χ2n) is 4.86. The summed E-state index contributed by atoms with van der Waals surface area (Å²) in [4.78, 5) is 12.1. The third kappa shape index (κ3) is 3.58. The molecule has 0 radical (unpaired) electrons. The average molecular weight is 303 g/mol. The quantitative estimate of drug-likeness (QED) is 0.847. The maximum absolute atomic E-state index is 12.1. The zero-order valence-corrected chi connectivity index (χ0v) is 13.1. The largest absolute Gasteiger partial charge is 0.493 e. The van der Waals surface area contributed by atoms with Crippen LogP contribution in [0, 0.1) is 0 Å². The lowest BCUT2D eigenvalue weighted by Crippen LogP contribution is -2.32. The van der Waals surface area contributed by atoms with Crippen molar-refractivity contribution in [2.45, 2.75) is 19.4 Å². The monoisotopic (exact) mass is 303 g/mol. The molecule has 1 N–H and O–H groups in total. The molecule has 22 heavy (non-hydrogen) atoms. The van der Waals surface area contributed by atoms with Gasteiger partial charge in [0.1, 0.15) is 6.04 Å². The fourth-order valence-corrected chi connectivity index (χ4v) is 2.25. The first-order valence-electron chi connectivity index (χ1n) is 7.14. The van der Waals surface area contributed by atoms with E-state index in [0.29, 0.717) is 24.5 Å². The molecule has 1 aromatic carbocycles. The molecule has 0 saturated carbocycles. The number of nitrogens with zero attached hydrogens (tertiary/aromatic N) is 2. The van der Waals surface area contributed by atoms with Gasteiger partial charge in [-0.1, -0.05) is 12.1 Å². The second-order valence-corrected chi connectivity index (χ2v) is 4.86. The number of nitrogens with one attached hydrogen (secondary N) is 1. The van der Waals surface area contributed by atoms with E-state index in [1.807, 2.05) is 25.1 Å². The minimum absolute atomic E-state index is 0.0643. The SMILES string of the molecule is COc1cccc(CCNC(=O)[C@H](C)n2cccn2)c1OC. The van der Waals surface area contributed by atoms with Crippen LogP contribution in [0.3, 0.4) is 0 Å². The number of aromatic nitrogens is 2. The number of carbonyl (C=O) groups is 1. The highest BCUT2D eigenvalue weighted by Crippen LogP contribution is 2.30. The van der Waals surface area contributed by atoms with E-state index in [1.165, 1.54) is 0 Å². The van der Waals surface area contributed by atoms with Gasteiger partial charge >= 0.3 is 0 Å². The standard InChI is InChI=1S/C16H21N3O3/c1-12(19-11-5-9-18-19)16(20)17-10-8-13-6-4-7-14(21-2)15(13)22-3/h4-7,9,11-12H,8,10H2,1-3H3,(H,17,20)/t12-/m0/s1. The number of amides is 1. The lowest BCUT2D eigenvalue weighted by atomic mass is 10.1. The molecule has 0 spiro atoms. The Bertz CT molecular complexity index is 611. The number of hydrogen-bond donors (Lipinski definition) is 1. The summed E-state index contributed by atoms with van der Waals surface area (Å²) < 4.78 is 12.3. The Morgan fingerprint density at radius 1 is 1.32 bits per heavy atom. The van der Waals surface area contributed by atoms with Gasteiger partial charge in [0.25, 0.3) is 0 Å². The van der Waals surface area contributed by atoms with Gasteiger partial charge in [0.2, 0.25) is 5.91 Å². The van der Waals surface area contributed by atoms with Crippen LogP contribution in [0.4, 0.5) is 0 Å². The molecule has 1 amide bonds. The number of para-hydroxylation sites is 1. The summed E-state index contributed by atoms with van der Waals surface area (Å²) in [5.74, 6) is 1.33. The normalized spacial score (nSPS) is 11.8. The zero-order chi connectivity index (χ0) is 15.9. The van der Waals surface area contributed by atoms with E-state index in [9.17, 15) is 4.79 Å². The van der Waals surface area contributed by atoms with Crippen LogP contribution >= 0.6 is 0 Å². The molecule has 0 aliphatic rings. The van der Waals surface area contributed by atoms with Gasteiger partial charge in [-0.15, -0.1) is 0 Å². The summed E-state index contributed by atoms with van der Waals surface area (Å²) in [6.45, 7) is 2.34. The molecule has 6 heteroatoms. The van der Waals surface area contributed by atoms with Gasteiger partial charge in [0.05, 0.1) is 14.2 Å². The predicted molar refractivity (Wildman–Crippen MR) is 83.2 cm³/mol. The third-order valence-electron chi connectivity index (χ3n) is 3.48. The molecule has 1 aromatic heterocycles. The highest BCUT2D eigenvalue weighted by atomic mass is 16.5. The maximum atomic E-state index is 12.1. The summed E-state index contributed by atoms with van der Waals surface area (Å²) in [6.07, 6.45) is 4.10. The topological polar surface area (TPSA) is 65.4 Å². The predicted octanol–water partition coefficient (Wildman–Crippen LogP) is 1.82. The smallest absolute Gasteiger partial charge is 0.244 e. The van der Waals surface area contributed by atoms with Crippen molar-refractivity contribution in [3.63, 3.8) is 0 Å². The number of ether oxygens (including phenoxy) is 2. The molecular formula is C16H21N3O3. The lowest BCUT2D eigenvalue weighted by Gasteiger charge is -2.14. The zero-order valence-electron chi connectivity index (χ0n) is 13.1. The van der Waals surface area contributed by atoms with Gasteiger partial charge in [0, 0.05) is 18.9 Å². The number of carbonyl (C=O) groups excluding carboxylic acids is 1. The Hall–Kier alpha value is -2.50. The third-order valence-corrected chi connectivity index (χ3v) is 3.48. The molecule has 6 nitrogen and oxygen atoms in total. The van der Waals surface area contributed by atoms with E-state index in [4.69, 9.17) is 9.47 Å². The van der Waals surface area contributed by atoms with Crippen LogP contribution in [0.1, 0.15) is 18.5 Å². The van der Waals surface area contributed by atoms with Gasteiger partial charge in [0.15, 0.2) is 11.5 Å². The molecule has 0 bridgehead atoms. The summed E-state index contributed by atoms with van der Waals surface area (Å²) >= 11 is 0. The minimum Gasteiger partial charge on any atom is -0.493 e. The van der Waals surface area contributed by atoms with Crippen LogP contribution in [0.15, 0.2) is 36.7 Å². The molecule has 1 heterocycles. The van der Waals surface area contributed by atoms with E-state index in [2.05, 4.69) is 10.4 Å². The molecule has 118 valence electrons. The van der Waals surface area contributed by atoms with Crippen LogP contribution in [0.5, 0.6) is 11.5 Å². The van der Waals surface area contributed by atoms with Crippen LogP contribution in [-0.2, 0) is 11.2 Å². The van der Waals surface area contributed by atoms with E-state index in [1.54, 1.807) is 37.4 Å². The van der Waals surface area contributed by atoms with Gasteiger partial charge in [-0.25, -0.2) is 0 Å². The van der Waals surface area contributed by atoms with Crippen molar-refractivity contribution in [1.29, 1.82) is 0 Å². The van der Waals surface area contributed by atoms with Gasteiger partial charge < -0.3 is 14.8 Å². The van der Waals surface area contributed by atoms with E-state index < -0.39 is 0 Å². The second kappa shape index (κ2) is 7.49. The molecule has 0 fully saturated rings. The minimum atomic E-state index is -0.331. The van der Waals surface area contributed by atoms with Crippen molar-refractivity contribution >= 4 is 5.91 Å². The number of hydrogen-bond acceptors (Lipinski definition) is 4. The summed E-state index contributed by atoms with van der Waals surface area (Å²) in [5, 5.41) is 6.98. The van der Waals surface area contributed by atoms with E-state index in [0.717, 1.165) is 5.56 Å². The lowest BCUT2D eigenvalue weighted by molar-refractivity contribution is -0.124. The fourth-order valence-electron chi connectivity index (χ4n) is 2.25. The van der Waals surface area contributed by atoms with Crippen molar-refractivity contribution in [2.75, 3.05) is 20.8 Å². The van der Waals surface area contributed by atoms with Crippen molar-refractivity contribution in [1.82, 2.24) is 15.1 Å². The Balaban J connectivity index is 1.92. The van der Waals surface area contributed by atoms with E-state index >= 15 is 0 Å². The molecule has 0 aliphatic heterocycles. The molecule has 0 unspecified atom stereocenters. The van der Waals surface area contributed by atoms with Crippen molar-refractivity contribution < 1.29 is 14.3 Å². The summed E-state index contributed by atoms with van der Waals surface area (Å²) in [7, 11) is 3.22. The first-order valence-corrected chi connectivity index (χ1v) is 7.14. The Morgan fingerprint density at radius 2 is 2.14 bits per heavy atom. The first-order chi connectivity index (χ1) is 10.7. The highest BCUT2D eigenvalue weighted by Gasteiger charge is 2.15. The Kier molecular flexibility index (Phi) is 5.41. The fraction of sp³-hybridized carbons (Fsp3) is 0.375. The van der Waals surface area contributed by atoms with Gasteiger partial charge in [-0.05, 0) is 31.0 Å². The van der Waals surface area contributed by atoms with Crippen LogP contribution in [0.2, 0.25) is 0 Å². The van der Waals surface area contributed by atoms with Crippen LogP contribution < -0.4 is 14.8 Å². The van der Waals surface area contributed by atoms with Crippen molar-refractivity contribution in [2.24, 2.45) is 0 Å². The summed E-state index contributed by atoms with van der Waals surface area (Å²) in [5.41, 5.74) is 0.994. The van der Waals surface area contributed by atoms with Crippen molar-refractivity contribution in [3.8, 4) is 11.5 Å². The molecule has 0 saturated heterocycles. The highest BCUT2D eigenvalue weighted by molar-refractivity contribution is 5.79. The molecule has 2 rings (SSSR count). The Labute approximate surface area is 130 Å². The molecule has 0 aliphatic carbocycles. The molecule has 2 aromatic rings. The van der Waals surface area contributed by atoms with Gasteiger partial charge in [-0.3, -0.25) is 9.48 Å². The van der Waals surface area contributed by atoms with Crippen LogP contribution in [0.25, 0.3) is 0 Å². The number of methoxy groups -OCH3 is 2. The van der Waals surface area contributed by atoms with Crippen LogP contribution in [-0.4, -0.2) is 36.5 Å². The first kappa shape index (κ1) is 15.9.